The molecule has 0 aromatic heterocycles. The average Bonchev–Trinajstić information content (AvgIpc) is 2.73. The highest BCUT2D eigenvalue weighted by Gasteiger charge is 2.57. The summed E-state index contributed by atoms with van der Waals surface area (Å²) in [5, 5.41) is 0. The van der Waals surface area contributed by atoms with E-state index in [1.807, 2.05) is 18.7 Å². The van der Waals surface area contributed by atoms with Crippen molar-refractivity contribution in [3.8, 4) is 0 Å². The standard InChI is InChI=1S/C10H15NO2/c1-10(2)11-7(5-13-10)3-6-4-8(6)9(11)12/h6-8H,3-5H2,1-2H3/t6-,7-,8+/m0/s1. The number of rotatable bonds is 0. The van der Waals surface area contributed by atoms with Crippen LogP contribution in [0.1, 0.15) is 26.7 Å². The zero-order valence-electron chi connectivity index (χ0n) is 8.12. The quantitative estimate of drug-likeness (QED) is 0.557. The first-order chi connectivity index (χ1) is 6.09. The molecule has 3 heteroatoms. The zero-order valence-corrected chi connectivity index (χ0v) is 8.12. The van der Waals surface area contributed by atoms with Crippen LogP contribution in [0.2, 0.25) is 0 Å². The molecule has 72 valence electrons. The molecule has 3 rings (SSSR count). The van der Waals surface area contributed by atoms with Gasteiger partial charge in [-0.1, -0.05) is 0 Å². The van der Waals surface area contributed by atoms with Gasteiger partial charge in [-0.15, -0.1) is 0 Å². The summed E-state index contributed by atoms with van der Waals surface area (Å²) < 4.78 is 5.63. The van der Waals surface area contributed by atoms with Gasteiger partial charge in [0.2, 0.25) is 5.91 Å². The normalized spacial score (nSPS) is 45.8. The molecular formula is C10H15NO2. The number of piperidine rings is 1. The number of fused-ring (bicyclic) bond motifs is 2. The minimum Gasteiger partial charge on any atom is -0.354 e. The first-order valence-corrected chi connectivity index (χ1v) is 5.07. The number of hydrogen-bond acceptors (Lipinski definition) is 2. The maximum atomic E-state index is 11.9. The minimum atomic E-state index is -0.352. The SMILES string of the molecule is CC1(C)OC[C@@H]2C[C@H]3C[C@H]3C(=O)N21. The molecule has 2 heterocycles. The fraction of sp³-hybridized carbons (Fsp3) is 0.900. The lowest BCUT2D eigenvalue weighted by molar-refractivity contribution is -0.150. The van der Waals surface area contributed by atoms with Crippen LogP contribution in [0.3, 0.4) is 0 Å². The van der Waals surface area contributed by atoms with Gasteiger partial charge in [-0.3, -0.25) is 4.79 Å². The van der Waals surface area contributed by atoms with Crippen LogP contribution in [0.25, 0.3) is 0 Å². The van der Waals surface area contributed by atoms with E-state index in [0.29, 0.717) is 23.8 Å². The van der Waals surface area contributed by atoms with Crippen molar-refractivity contribution in [1.29, 1.82) is 0 Å². The summed E-state index contributed by atoms with van der Waals surface area (Å²) in [4.78, 5) is 13.9. The number of carbonyl (C=O) groups excluding carboxylic acids is 1. The number of carbonyl (C=O) groups is 1. The summed E-state index contributed by atoms with van der Waals surface area (Å²) >= 11 is 0. The Hall–Kier alpha value is -0.570. The highest BCUT2D eigenvalue weighted by atomic mass is 16.5. The Labute approximate surface area is 78.0 Å². The molecule has 3 nitrogen and oxygen atoms in total. The Kier molecular flexibility index (Phi) is 1.25. The maximum Gasteiger partial charge on any atom is 0.228 e. The van der Waals surface area contributed by atoms with E-state index in [0.717, 1.165) is 13.0 Å². The molecule has 1 aliphatic carbocycles. The van der Waals surface area contributed by atoms with Crippen molar-refractivity contribution in [2.45, 2.75) is 38.5 Å². The van der Waals surface area contributed by atoms with Crippen LogP contribution in [-0.4, -0.2) is 29.2 Å². The molecule has 2 saturated heterocycles. The van der Waals surface area contributed by atoms with E-state index in [2.05, 4.69) is 0 Å². The molecule has 1 saturated carbocycles. The summed E-state index contributed by atoms with van der Waals surface area (Å²) in [6.45, 7) is 4.73. The average molecular weight is 181 g/mol. The van der Waals surface area contributed by atoms with Gasteiger partial charge in [0, 0.05) is 5.92 Å². The molecular weight excluding hydrogens is 166 g/mol. The Bertz CT molecular complexity index is 274. The predicted molar refractivity (Wildman–Crippen MR) is 46.9 cm³/mol. The molecule has 0 bridgehead atoms. The van der Waals surface area contributed by atoms with Crippen molar-refractivity contribution >= 4 is 5.91 Å². The third-order valence-electron chi connectivity index (χ3n) is 3.63. The van der Waals surface area contributed by atoms with E-state index < -0.39 is 0 Å². The van der Waals surface area contributed by atoms with Crippen molar-refractivity contribution < 1.29 is 9.53 Å². The molecule has 3 fully saturated rings. The van der Waals surface area contributed by atoms with E-state index in [9.17, 15) is 4.79 Å². The lowest BCUT2D eigenvalue weighted by Crippen LogP contribution is -2.50. The lowest BCUT2D eigenvalue weighted by Gasteiger charge is -2.36. The monoisotopic (exact) mass is 181 g/mol. The van der Waals surface area contributed by atoms with Gasteiger partial charge >= 0.3 is 0 Å². The zero-order chi connectivity index (χ0) is 9.22. The van der Waals surface area contributed by atoms with Crippen LogP contribution in [-0.2, 0) is 9.53 Å². The fourth-order valence-electron chi connectivity index (χ4n) is 2.84. The van der Waals surface area contributed by atoms with Gasteiger partial charge in [-0.2, -0.15) is 0 Å². The van der Waals surface area contributed by atoms with E-state index in [4.69, 9.17) is 4.74 Å². The number of nitrogens with zero attached hydrogens (tertiary/aromatic N) is 1. The van der Waals surface area contributed by atoms with Crippen molar-refractivity contribution in [3.63, 3.8) is 0 Å². The molecule has 0 aromatic rings. The van der Waals surface area contributed by atoms with E-state index in [-0.39, 0.29) is 5.72 Å². The molecule has 2 aliphatic heterocycles. The topological polar surface area (TPSA) is 29.5 Å². The highest BCUT2D eigenvalue weighted by Crippen LogP contribution is 2.51. The molecule has 0 radical (unpaired) electrons. The summed E-state index contributed by atoms with van der Waals surface area (Å²) in [6.07, 6.45) is 2.29. The summed E-state index contributed by atoms with van der Waals surface area (Å²) in [6, 6.07) is 0.367. The first kappa shape index (κ1) is 7.80. The number of amides is 1. The molecule has 0 spiro atoms. The van der Waals surface area contributed by atoms with Crippen molar-refractivity contribution in [2.24, 2.45) is 11.8 Å². The molecule has 13 heavy (non-hydrogen) atoms. The largest absolute Gasteiger partial charge is 0.354 e. The smallest absolute Gasteiger partial charge is 0.228 e. The van der Waals surface area contributed by atoms with Crippen molar-refractivity contribution in [3.05, 3.63) is 0 Å². The molecule has 0 N–H and O–H groups in total. The second kappa shape index (κ2) is 2.08. The second-order valence-corrected chi connectivity index (χ2v) is 4.96. The van der Waals surface area contributed by atoms with Crippen LogP contribution >= 0.6 is 0 Å². The van der Waals surface area contributed by atoms with Gasteiger partial charge in [0.1, 0.15) is 5.72 Å². The fourth-order valence-corrected chi connectivity index (χ4v) is 2.84. The second-order valence-electron chi connectivity index (χ2n) is 4.96. The third-order valence-corrected chi connectivity index (χ3v) is 3.63. The van der Waals surface area contributed by atoms with Crippen LogP contribution in [0.5, 0.6) is 0 Å². The first-order valence-electron chi connectivity index (χ1n) is 5.07. The van der Waals surface area contributed by atoms with Crippen molar-refractivity contribution in [2.75, 3.05) is 6.61 Å². The van der Waals surface area contributed by atoms with Gasteiger partial charge in [-0.05, 0) is 32.6 Å². The van der Waals surface area contributed by atoms with Crippen molar-refractivity contribution in [1.82, 2.24) is 4.90 Å². The summed E-state index contributed by atoms with van der Waals surface area (Å²) in [5.41, 5.74) is -0.352. The number of hydrogen-bond donors (Lipinski definition) is 0. The predicted octanol–water partition coefficient (Wildman–Crippen LogP) is 0.990. The van der Waals surface area contributed by atoms with Crippen LogP contribution in [0.4, 0.5) is 0 Å². The van der Waals surface area contributed by atoms with Crippen LogP contribution in [0.15, 0.2) is 0 Å². The van der Waals surface area contributed by atoms with Gasteiger partial charge in [0.25, 0.3) is 0 Å². The van der Waals surface area contributed by atoms with Crippen LogP contribution < -0.4 is 0 Å². The molecule has 3 aliphatic rings. The van der Waals surface area contributed by atoms with E-state index >= 15 is 0 Å². The Morgan fingerprint density at radius 2 is 2.23 bits per heavy atom. The lowest BCUT2D eigenvalue weighted by atomic mass is 10.0. The number of ether oxygens (including phenoxy) is 1. The molecule has 1 amide bonds. The van der Waals surface area contributed by atoms with Gasteiger partial charge in [0.15, 0.2) is 0 Å². The Morgan fingerprint density at radius 1 is 1.46 bits per heavy atom. The Morgan fingerprint density at radius 3 is 3.00 bits per heavy atom. The van der Waals surface area contributed by atoms with E-state index in [1.165, 1.54) is 6.42 Å². The molecule has 0 aromatic carbocycles. The van der Waals surface area contributed by atoms with Crippen LogP contribution in [0, 0.1) is 11.8 Å². The maximum absolute atomic E-state index is 11.9. The third kappa shape index (κ3) is 0.909. The highest BCUT2D eigenvalue weighted by molar-refractivity contribution is 5.84. The van der Waals surface area contributed by atoms with E-state index in [1.54, 1.807) is 0 Å². The summed E-state index contributed by atoms with van der Waals surface area (Å²) in [5.74, 6) is 1.37. The molecule has 0 unspecified atom stereocenters. The molecule has 3 atom stereocenters. The Balaban J connectivity index is 1.94. The summed E-state index contributed by atoms with van der Waals surface area (Å²) in [7, 11) is 0. The van der Waals surface area contributed by atoms with Gasteiger partial charge in [0.05, 0.1) is 12.6 Å². The van der Waals surface area contributed by atoms with Gasteiger partial charge in [-0.25, -0.2) is 0 Å². The minimum absolute atomic E-state index is 0.337. The van der Waals surface area contributed by atoms with Gasteiger partial charge < -0.3 is 9.64 Å².